The van der Waals surface area contributed by atoms with Crippen molar-refractivity contribution < 1.29 is 4.79 Å². The van der Waals surface area contributed by atoms with Crippen molar-refractivity contribution in [3.05, 3.63) is 18.0 Å². The fourth-order valence-electron chi connectivity index (χ4n) is 2.61. The summed E-state index contributed by atoms with van der Waals surface area (Å²) < 4.78 is 1.75. The number of aryl methyl sites for hydroxylation is 1. The van der Waals surface area contributed by atoms with Crippen LogP contribution in [0.15, 0.2) is 12.3 Å². The van der Waals surface area contributed by atoms with E-state index < -0.39 is 0 Å². The summed E-state index contributed by atoms with van der Waals surface area (Å²) in [4.78, 5) is 12.4. The second kappa shape index (κ2) is 5.74. The third kappa shape index (κ3) is 3.35. The Morgan fingerprint density at radius 1 is 1.63 bits per heavy atom. The van der Waals surface area contributed by atoms with Crippen LogP contribution >= 0.6 is 0 Å². The lowest BCUT2D eigenvalue weighted by molar-refractivity contribution is -0.132. The van der Waals surface area contributed by atoms with Gasteiger partial charge in [0.2, 0.25) is 5.91 Å². The van der Waals surface area contributed by atoms with E-state index in [-0.39, 0.29) is 11.3 Å². The molecular weight excluding hydrogens is 240 g/mol. The first-order chi connectivity index (χ1) is 9.00. The Bertz CT molecular complexity index is 432. The molecule has 0 spiro atoms. The molecule has 1 unspecified atom stereocenters. The van der Waals surface area contributed by atoms with Crippen LogP contribution in [-0.4, -0.2) is 28.8 Å². The molecule has 2 rings (SSSR count). The summed E-state index contributed by atoms with van der Waals surface area (Å²) in [6, 6.07) is 1.93. The summed E-state index contributed by atoms with van der Waals surface area (Å²) in [6.45, 7) is 6.59. The van der Waals surface area contributed by atoms with Gasteiger partial charge in [0, 0.05) is 18.7 Å². The van der Waals surface area contributed by atoms with Crippen LogP contribution in [0.3, 0.4) is 0 Å². The minimum atomic E-state index is -0.331. The van der Waals surface area contributed by atoms with Gasteiger partial charge in [0.1, 0.15) is 0 Å². The van der Waals surface area contributed by atoms with Crippen molar-refractivity contribution in [2.75, 3.05) is 13.1 Å². The van der Waals surface area contributed by atoms with Gasteiger partial charge in [0.25, 0.3) is 0 Å². The summed E-state index contributed by atoms with van der Waals surface area (Å²) in [5.41, 5.74) is 0.566. The molecule has 0 saturated carbocycles. The van der Waals surface area contributed by atoms with Crippen LogP contribution in [0.25, 0.3) is 0 Å². The Labute approximate surface area is 114 Å². The fraction of sp³-hybridized carbons (Fsp3) is 0.714. The Hall–Kier alpha value is -1.36. The molecule has 0 radical (unpaired) electrons. The molecule has 106 valence electrons. The molecule has 0 bridgehead atoms. The Morgan fingerprint density at radius 2 is 2.42 bits per heavy atom. The Morgan fingerprint density at radius 3 is 3.00 bits per heavy atom. The standard InChI is InChI=1S/C14H24N4O/c1-14(2,11-5-4-7-15-9-11)13(19)16-10-12-6-8-18(3)17-12/h6,8,11,15H,4-5,7,9-10H2,1-3H3,(H,16,19). The molecule has 1 aliphatic heterocycles. The highest BCUT2D eigenvalue weighted by Gasteiger charge is 2.37. The van der Waals surface area contributed by atoms with Crippen LogP contribution < -0.4 is 10.6 Å². The van der Waals surface area contributed by atoms with E-state index in [1.165, 1.54) is 0 Å². The van der Waals surface area contributed by atoms with Crippen molar-refractivity contribution in [3.63, 3.8) is 0 Å². The molecule has 1 saturated heterocycles. The molecule has 1 amide bonds. The van der Waals surface area contributed by atoms with Gasteiger partial charge in [-0.25, -0.2) is 0 Å². The molecule has 1 aliphatic rings. The number of amides is 1. The van der Waals surface area contributed by atoms with E-state index in [1.807, 2.05) is 33.2 Å². The number of hydrogen-bond donors (Lipinski definition) is 2. The number of hydrogen-bond acceptors (Lipinski definition) is 3. The van der Waals surface area contributed by atoms with Crippen LogP contribution in [0.1, 0.15) is 32.4 Å². The lowest BCUT2D eigenvalue weighted by atomic mass is 9.74. The molecule has 0 aliphatic carbocycles. The second-order valence-corrected chi connectivity index (χ2v) is 5.93. The van der Waals surface area contributed by atoms with Crippen molar-refractivity contribution in [2.24, 2.45) is 18.4 Å². The number of aromatic nitrogens is 2. The smallest absolute Gasteiger partial charge is 0.226 e. The summed E-state index contributed by atoms with van der Waals surface area (Å²) in [7, 11) is 1.88. The molecule has 2 N–H and O–H groups in total. The minimum Gasteiger partial charge on any atom is -0.350 e. The maximum atomic E-state index is 12.4. The van der Waals surface area contributed by atoms with Gasteiger partial charge in [-0.1, -0.05) is 13.8 Å². The van der Waals surface area contributed by atoms with Crippen molar-refractivity contribution >= 4 is 5.91 Å². The molecular formula is C14H24N4O. The van der Waals surface area contributed by atoms with Crippen LogP contribution in [0, 0.1) is 11.3 Å². The summed E-state index contributed by atoms with van der Waals surface area (Å²) >= 11 is 0. The molecule has 1 aromatic heterocycles. The Kier molecular flexibility index (Phi) is 4.24. The van der Waals surface area contributed by atoms with E-state index >= 15 is 0 Å². The van der Waals surface area contributed by atoms with Gasteiger partial charge in [-0.15, -0.1) is 0 Å². The van der Waals surface area contributed by atoms with Gasteiger partial charge in [-0.3, -0.25) is 9.48 Å². The topological polar surface area (TPSA) is 59.0 Å². The predicted molar refractivity (Wildman–Crippen MR) is 74.4 cm³/mol. The number of nitrogens with zero attached hydrogens (tertiary/aromatic N) is 2. The summed E-state index contributed by atoms with van der Waals surface area (Å²) in [5, 5.41) is 10.7. The molecule has 1 aromatic rings. The van der Waals surface area contributed by atoms with Crippen LogP contribution in [0.2, 0.25) is 0 Å². The average molecular weight is 264 g/mol. The third-order valence-corrected chi connectivity index (χ3v) is 4.10. The highest BCUT2D eigenvalue weighted by atomic mass is 16.2. The van der Waals surface area contributed by atoms with E-state index in [0.717, 1.165) is 31.6 Å². The van der Waals surface area contributed by atoms with Crippen molar-refractivity contribution in [3.8, 4) is 0 Å². The minimum absolute atomic E-state index is 0.117. The quantitative estimate of drug-likeness (QED) is 0.855. The predicted octanol–water partition coefficient (Wildman–Crippen LogP) is 1.06. The molecule has 5 nitrogen and oxygen atoms in total. The van der Waals surface area contributed by atoms with Crippen molar-refractivity contribution in [1.29, 1.82) is 0 Å². The van der Waals surface area contributed by atoms with Crippen LogP contribution in [-0.2, 0) is 18.4 Å². The lowest BCUT2D eigenvalue weighted by Crippen LogP contribution is -2.47. The second-order valence-electron chi connectivity index (χ2n) is 5.93. The third-order valence-electron chi connectivity index (χ3n) is 4.10. The van der Waals surface area contributed by atoms with E-state index in [2.05, 4.69) is 15.7 Å². The molecule has 2 heterocycles. The Balaban J connectivity index is 1.90. The average Bonchev–Trinajstić information content (AvgIpc) is 2.82. The van der Waals surface area contributed by atoms with E-state index in [0.29, 0.717) is 12.5 Å². The molecule has 0 aromatic carbocycles. The molecule has 1 fully saturated rings. The van der Waals surface area contributed by atoms with Gasteiger partial charge >= 0.3 is 0 Å². The largest absolute Gasteiger partial charge is 0.350 e. The fourth-order valence-corrected chi connectivity index (χ4v) is 2.61. The van der Waals surface area contributed by atoms with Gasteiger partial charge in [0.15, 0.2) is 0 Å². The maximum absolute atomic E-state index is 12.4. The first-order valence-corrected chi connectivity index (χ1v) is 6.97. The van der Waals surface area contributed by atoms with Gasteiger partial charge < -0.3 is 10.6 Å². The van der Waals surface area contributed by atoms with E-state index in [9.17, 15) is 4.79 Å². The number of nitrogens with one attached hydrogen (secondary N) is 2. The zero-order chi connectivity index (χ0) is 13.9. The highest BCUT2D eigenvalue weighted by Crippen LogP contribution is 2.31. The van der Waals surface area contributed by atoms with Crippen molar-refractivity contribution in [1.82, 2.24) is 20.4 Å². The molecule has 19 heavy (non-hydrogen) atoms. The number of rotatable bonds is 4. The van der Waals surface area contributed by atoms with Gasteiger partial charge in [-0.05, 0) is 37.9 Å². The van der Waals surface area contributed by atoms with Gasteiger partial charge in [-0.2, -0.15) is 5.10 Å². The summed E-state index contributed by atoms with van der Waals surface area (Å²) in [6.07, 6.45) is 4.16. The zero-order valence-corrected chi connectivity index (χ0v) is 12.1. The first-order valence-electron chi connectivity index (χ1n) is 6.97. The SMILES string of the molecule is Cn1ccc(CNC(=O)C(C)(C)C2CCCNC2)n1. The normalized spacial score (nSPS) is 20.3. The van der Waals surface area contributed by atoms with Gasteiger partial charge in [0.05, 0.1) is 12.2 Å². The number of carbonyl (C=O) groups excluding carboxylic acids is 1. The lowest BCUT2D eigenvalue weighted by Gasteiger charge is -2.35. The van der Waals surface area contributed by atoms with E-state index in [4.69, 9.17) is 0 Å². The maximum Gasteiger partial charge on any atom is 0.226 e. The summed E-state index contributed by atoms with van der Waals surface area (Å²) in [5.74, 6) is 0.525. The highest BCUT2D eigenvalue weighted by molar-refractivity contribution is 5.82. The van der Waals surface area contributed by atoms with Crippen LogP contribution in [0.5, 0.6) is 0 Å². The monoisotopic (exact) mass is 264 g/mol. The van der Waals surface area contributed by atoms with E-state index in [1.54, 1.807) is 4.68 Å². The molecule has 1 atom stereocenters. The zero-order valence-electron chi connectivity index (χ0n) is 12.1. The first kappa shape index (κ1) is 14.1. The number of piperidine rings is 1. The van der Waals surface area contributed by atoms with Crippen LogP contribution in [0.4, 0.5) is 0 Å². The van der Waals surface area contributed by atoms with Crippen molar-refractivity contribution in [2.45, 2.75) is 33.2 Å². The number of carbonyl (C=O) groups is 1. The molecule has 5 heteroatoms.